The number of benzene rings is 2. The van der Waals surface area contributed by atoms with Crippen molar-refractivity contribution < 1.29 is 17.9 Å². The Morgan fingerprint density at radius 1 is 1.18 bits per heavy atom. The van der Waals surface area contributed by atoms with Gasteiger partial charge in [0.25, 0.3) is 0 Å². The molecular formula is C20H27N3O4S. The Hall–Kier alpha value is -2.58. The van der Waals surface area contributed by atoms with Crippen LogP contribution in [-0.4, -0.2) is 40.0 Å². The molecular weight excluding hydrogens is 378 g/mol. The van der Waals surface area contributed by atoms with Crippen LogP contribution in [0.15, 0.2) is 47.4 Å². The molecule has 0 heterocycles. The normalized spacial score (nSPS) is 12.5. The van der Waals surface area contributed by atoms with Crippen molar-refractivity contribution >= 4 is 16.1 Å². The number of hydrogen-bond donors (Lipinski definition) is 2. The second-order valence-electron chi connectivity index (χ2n) is 6.69. The highest BCUT2D eigenvalue weighted by molar-refractivity contribution is 7.89. The van der Waals surface area contributed by atoms with Crippen LogP contribution in [0.1, 0.15) is 29.7 Å². The van der Waals surface area contributed by atoms with Gasteiger partial charge in [0.1, 0.15) is 5.75 Å². The Balaban J connectivity index is 2.09. The molecule has 152 valence electrons. The molecule has 0 spiro atoms. The van der Waals surface area contributed by atoms with Crippen LogP contribution in [0, 0.1) is 6.92 Å². The number of methoxy groups -OCH3 is 1. The fourth-order valence-electron chi connectivity index (χ4n) is 2.79. The molecule has 0 aromatic heterocycles. The second-order valence-corrected chi connectivity index (χ2v) is 8.81. The van der Waals surface area contributed by atoms with E-state index in [1.165, 1.54) is 20.2 Å². The van der Waals surface area contributed by atoms with Gasteiger partial charge in [-0.25, -0.2) is 17.5 Å². The molecule has 1 unspecified atom stereocenters. The number of aryl methyl sites for hydroxylation is 1. The van der Waals surface area contributed by atoms with Gasteiger partial charge >= 0.3 is 6.03 Å². The van der Waals surface area contributed by atoms with E-state index < -0.39 is 16.1 Å². The second kappa shape index (κ2) is 9.07. The molecule has 0 aliphatic heterocycles. The minimum absolute atomic E-state index is 0.0900. The lowest BCUT2D eigenvalue weighted by Gasteiger charge is -2.19. The van der Waals surface area contributed by atoms with Crippen molar-refractivity contribution in [2.45, 2.75) is 31.3 Å². The summed E-state index contributed by atoms with van der Waals surface area (Å²) in [6.45, 7) is 3.92. The van der Waals surface area contributed by atoms with Gasteiger partial charge in [0, 0.05) is 26.2 Å². The smallest absolute Gasteiger partial charge is 0.315 e. The Bertz CT molecular complexity index is 942. The zero-order chi connectivity index (χ0) is 20.9. The van der Waals surface area contributed by atoms with Crippen LogP contribution < -0.4 is 15.4 Å². The van der Waals surface area contributed by atoms with Gasteiger partial charge in [0.05, 0.1) is 18.0 Å². The van der Waals surface area contributed by atoms with Crippen LogP contribution in [-0.2, 0) is 16.6 Å². The number of hydrogen-bond acceptors (Lipinski definition) is 4. The van der Waals surface area contributed by atoms with E-state index in [0.717, 1.165) is 15.4 Å². The van der Waals surface area contributed by atoms with Gasteiger partial charge in [0.15, 0.2) is 0 Å². The maximum atomic E-state index is 12.4. The summed E-state index contributed by atoms with van der Waals surface area (Å²) in [5.74, 6) is 0.695. The number of amides is 2. The molecule has 0 radical (unpaired) electrons. The predicted octanol–water partition coefficient (Wildman–Crippen LogP) is 2.81. The van der Waals surface area contributed by atoms with E-state index in [4.69, 9.17) is 4.74 Å². The van der Waals surface area contributed by atoms with Crippen molar-refractivity contribution in [3.8, 4) is 5.75 Å². The maximum absolute atomic E-state index is 12.4. The number of carbonyl (C=O) groups is 1. The van der Waals surface area contributed by atoms with Gasteiger partial charge in [-0.3, -0.25) is 0 Å². The first-order valence-corrected chi connectivity index (χ1v) is 10.3. The minimum Gasteiger partial charge on any atom is -0.496 e. The summed E-state index contributed by atoms with van der Waals surface area (Å²) >= 11 is 0. The van der Waals surface area contributed by atoms with Crippen LogP contribution >= 0.6 is 0 Å². The zero-order valence-corrected chi connectivity index (χ0v) is 17.6. The number of rotatable bonds is 7. The number of urea groups is 1. The minimum atomic E-state index is -3.59. The standard InChI is InChI=1S/C20H27N3O4S/c1-14-10-11-18(27-5)17(12-14)15(2)22-20(24)21-13-16-8-6-7-9-19(16)28(25,26)23(3)4/h6-12,15H,13H2,1-5H3,(H2,21,22,24). The summed E-state index contributed by atoms with van der Waals surface area (Å²) in [5, 5.41) is 5.59. The van der Waals surface area contributed by atoms with Gasteiger partial charge < -0.3 is 15.4 Å². The third kappa shape index (κ3) is 5.02. The van der Waals surface area contributed by atoms with Crippen LogP contribution in [0.4, 0.5) is 4.79 Å². The number of sulfonamides is 1. The van der Waals surface area contributed by atoms with Crippen LogP contribution in [0.3, 0.4) is 0 Å². The summed E-state index contributed by atoms with van der Waals surface area (Å²) in [4.78, 5) is 12.5. The molecule has 8 heteroatoms. The summed E-state index contributed by atoms with van der Waals surface area (Å²) < 4.78 is 31.4. The third-order valence-electron chi connectivity index (χ3n) is 4.37. The highest BCUT2D eigenvalue weighted by atomic mass is 32.2. The van der Waals surface area contributed by atoms with Crippen molar-refractivity contribution in [2.75, 3.05) is 21.2 Å². The van der Waals surface area contributed by atoms with Crippen molar-refractivity contribution in [3.05, 3.63) is 59.2 Å². The molecule has 0 bridgehead atoms. The van der Waals surface area contributed by atoms with Gasteiger partial charge in [-0.2, -0.15) is 0 Å². The molecule has 2 amide bonds. The van der Waals surface area contributed by atoms with Gasteiger partial charge in [-0.1, -0.05) is 35.9 Å². The molecule has 0 aliphatic carbocycles. The lowest BCUT2D eigenvalue weighted by Crippen LogP contribution is -2.37. The molecule has 2 N–H and O–H groups in total. The lowest BCUT2D eigenvalue weighted by molar-refractivity contribution is 0.237. The first-order chi connectivity index (χ1) is 13.2. The summed E-state index contributed by atoms with van der Waals surface area (Å²) in [5.41, 5.74) is 2.45. The largest absolute Gasteiger partial charge is 0.496 e. The topological polar surface area (TPSA) is 87.7 Å². The molecule has 28 heavy (non-hydrogen) atoms. The van der Waals surface area contributed by atoms with Gasteiger partial charge in [0.2, 0.25) is 10.0 Å². The first-order valence-electron chi connectivity index (χ1n) is 8.86. The van der Waals surface area contributed by atoms with E-state index in [1.54, 1.807) is 25.3 Å². The first kappa shape index (κ1) is 21.7. The van der Waals surface area contributed by atoms with Crippen LogP contribution in [0.2, 0.25) is 0 Å². The molecule has 1 atom stereocenters. The summed E-state index contributed by atoms with van der Waals surface area (Å²) in [6, 6.07) is 11.7. The van der Waals surface area contributed by atoms with Crippen molar-refractivity contribution in [1.82, 2.24) is 14.9 Å². The zero-order valence-electron chi connectivity index (χ0n) is 16.8. The number of nitrogens with zero attached hydrogens (tertiary/aromatic N) is 1. The Labute approximate surface area is 166 Å². The molecule has 0 saturated carbocycles. The Morgan fingerprint density at radius 2 is 1.86 bits per heavy atom. The van der Waals surface area contributed by atoms with E-state index >= 15 is 0 Å². The lowest BCUT2D eigenvalue weighted by atomic mass is 10.0. The Morgan fingerprint density at radius 3 is 2.50 bits per heavy atom. The number of ether oxygens (including phenoxy) is 1. The SMILES string of the molecule is COc1ccc(C)cc1C(C)NC(=O)NCc1ccccc1S(=O)(=O)N(C)C. The third-order valence-corrected chi connectivity index (χ3v) is 6.29. The average molecular weight is 406 g/mol. The highest BCUT2D eigenvalue weighted by Gasteiger charge is 2.21. The molecule has 2 aromatic rings. The van der Waals surface area contributed by atoms with E-state index in [1.807, 2.05) is 32.0 Å². The average Bonchev–Trinajstić information content (AvgIpc) is 2.66. The van der Waals surface area contributed by atoms with E-state index in [-0.39, 0.29) is 17.5 Å². The number of nitrogens with one attached hydrogen (secondary N) is 2. The molecule has 2 aromatic carbocycles. The summed E-state index contributed by atoms with van der Waals surface area (Å²) in [7, 11) is 0.947. The van der Waals surface area contributed by atoms with Crippen molar-refractivity contribution in [2.24, 2.45) is 0 Å². The molecule has 0 aliphatic rings. The van der Waals surface area contributed by atoms with Crippen molar-refractivity contribution in [3.63, 3.8) is 0 Å². The van der Waals surface area contributed by atoms with E-state index in [2.05, 4.69) is 10.6 Å². The maximum Gasteiger partial charge on any atom is 0.315 e. The van der Waals surface area contributed by atoms with E-state index in [0.29, 0.717) is 11.3 Å². The van der Waals surface area contributed by atoms with E-state index in [9.17, 15) is 13.2 Å². The van der Waals surface area contributed by atoms with Crippen molar-refractivity contribution in [1.29, 1.82) is 0 Å². The fourth-order valence-corrected chi connectivity index (χ4v) is 3.91. The predicted molar refractivity (Wildman–Crippen MR) is 109 cm³/mol. The monoisotopic (exact) mass is 405 g/mol. The van der Waals surface area contributed by atoms with Crippen LogP contribution in [0.25, 0.3) is 0 Å². The van der Waals surface area contributed by atoms with Gasteiger partial charge in [-0.05, 0) is 31.5 Å². The fraction of sp³-hybridized carbons (Fsp3) is 0.350. The molecule has 0 fully saturated rings. The quantitative estimate of drug-likeness (QED) is 0.741. The van der Waals surface area contributed by atoms with Gasteiger partial charge in [-0.15, -0.1) is 0 Å². The summed E-state index contributed by atoms with van der Waals surface area (Å²) in [6.07, 6.45) is 0. The highest BCUT2D eigenvalue weighted by Crippen LogP contribution is 2.26. The van der Waals surface area contributed by atoms with Crippen LogP contribution in [0.5, 0.6) is 5.75 Å². The Kier molecular flexibility index (Phi) is 7.04. The molecule has 2 rings (SSSR count). The number of carbonyl (C=O) groups excluding carboxylic acids is 1. The molecule has 7 nitrogen and oxygen atoms in total. The molecule has 0 saturated heterocycles.